The van der Waals surface area contributed by atoms with Crippen LogP contribution in [0.2, 0.25) is 5.02 Å². The SMILES string of the molecule is CCOc1ccccc1-c1csc(NC(=O)CCNC(=O)c2ccc(Cl)cc2)n1. The second-order valence-electron chi connectivity index (χ2n) is 6.03. The van der Waals surface area contributed by atoms with Crippen LogP contribution in [0.1, 0.15) is 23.7 Å². The second kappa shape index (κ2) is 10.0. The Bertz CT molecular complexity index is 989. The van der Waals surface area contributed by atoms with Crippen molar-refractivity contribution < 1.29 is 14.3 Å². The highest BCUT2D eigenvalue weighted by atomic mass is 35.5. The minimum absolute atomic E-state index is 0.143. The predicted molar refractivity (Wildman–Crippen MR) is 116 cm³/mol. The topological polar surface area (TPSA) is 80.3 Å². The fraction of sp³-hybridized carbons (Fsp3) is 0.190. The first kappa shape index (κ1) is 20.8. The molecule has 1 aromatic heterocycles. The van der Waals surface area contributed by atoms with E-state index in [1.165, 1.54) is 11.3 Å². The lowest BCUT2D eigenvalue weighted by Gasteiger charge is -2.07. The van der Waals surface area contributed by atoms with E-state index in [2.05, 4.69) is 15.6 Å². The maximum Gasteiger partial charge on any atom is 0.251 e. The largest absolute Gasteiger partial charge is 0.493 e. The van der Waals surface area contributed by atoms with Gasteiger partial charge in [0.2, 0.25) is 5.91 Å². The van der Waals surface area contributed by atoms with Crippen LogP contribution in [0.15, 0.2) is 53.9 Å². The van der Waals surface area contributed by atoms with Crippen molar-refractivity contribution >= 4 is 39.9 Å². The first-order valence-electron chi connectivity index (χ1n) is 9.08. The Morgan fingerprint density at radius 2 is 1.90 bits per heavy atom. The van der Waals surface area contributed by atoms with Gasteiger partial charge in [-0.1, -0.05) is 23.7 Å². The Morgan fingerprint density at radius 3 is 2.66 bits per heavy atom. The molecule has 0 aliphatic carbocycles. The highest BCUT2D eigenvalue weighted by Gasteiger charge is 2.12. The van der Waals surface area contributed by atoms with Crippen LogP contribution in [-0.4, -0.2) is 29.9 Å². The Kier molecular flexibility index (Phi) is 7.21. The van der Waals surface area contributed by atoms with E-state index < -0.39 is 0 Å². The Balaban J connectivity index is 1.51. The number of ether oxygens (including phenoxy) is 1. The fourth-order valence-corrected chi connectivity index (χ4v) is 3.44. The van der Waals surface area contributed by atoms with Gasteiger partial charge in [-0.05, 0) is 43.3 Å². The van der Waals surface area contributed by atoms with Crippen LogP contribution in [0.4, 0.5) is 5.13 Å². The molecule has 0 aliphatic rings. The zero-order valence-electron chi connectivity index (χ0n) is 15.8. The monoisotopic (exact) mass is 429 g/mol. The molecule has 0 spiro atoms. The number of carbonyl (C=O) groups is 2. The zero-order chi connectivity index (χ0) is 20.6. The summed E-state index contributed by atoms with van der Waals surface area (Å²) in [5.41, 5.74) is 2.11. The van der Waals surface area contributed by atoms with Crippen molar-refractivity contribution in [2.24, 2.45) is 0 Å². The molecule has 2 amide bonds. The Hall–Kier alpha value is -2.90. The Labute approximate surface area is 177 Å². The smallest absolute Gasteiger partial charge is 0.251 e. The number of nitrogens with zero attached hydrogens (tertiary/aromatic N) is 1. The maximum absolute atomic E-state index is 12.2. The number of para-hydroxylation sites is 1. The summed E-state index contributed by atoms with van der Waals surface area (Å²) >= 11 is 7.15. The first-order valence-corrected chi connectivity index (χ1v) is 10.3. The van der Waals surface area contributed by atoms with Crippen molar-refractivity contribution in [2.75, 3.05) is 18.5 Å². The number of anilines is 1. The highest BCUT2D eigenvalue weighted by molar-refractivity contribution is 7.14. The average Bonchev–Trinajstić information content (AvgIpc) is 3.17. The van der Waals surface area contributed by atoms with E-state index in [0.29, 0.717) is 22.3 Å². The van der Waals surface area contributed by atoms with Gasteiger partial charge in [0.25, 0.3) is 5.91 Å². The highest BCUT2D eigenvalue weighted by Crippen LogP contribution is 2.32. The summed E-state index contributed by atoms with van der Waals surface area (Å²) < 4.78 is 5.63. The van der Waals surface area contributed by atoms with Gasteiger partial charge in [-0.25, -0.2) is 4.98 Å². The summed E-state index contributed by atoms with van der Waals surface area (Å²) in [5.74, 6) is 0.280. The molecule has 0 fully saturated rings. The lowest BCUT2D eigenvalue weighted by Crippen LogP contribution is -2.27. The quantitative estimate of drug-likeness (QED) is 0.547. The molecule has 0 atom stereocenters. The third-order valence-electron chi connectivity index (χ3n) is 3.96. The number of amides is 2. The van der Waals surface area contributed by atoms with Crippen molar-refractivity contribution in [1.29, 1.82) is 0 Å². The molecule has 29 heavy (non-hydrogen) atoms. The number of thiazole rings is 1. The number of rotatable bonds is 8. The molecule has 2 N–H and O–H groups in total. The van der Waals surface area contributed by atoms with Crippen molar-refractivity contribution in [1.82, 2.24) is 10.3 Å². The summed E-state index contributed by atoms with van der Waals surface area (Å²) in [5, 5.41) is 8.41. The van der Waals surface area contributed by atoms with E-state index in [4.69, 9.17) is 16.3 Å². The number of benzene rings is 2. The molecule has 1 heterocycles. The molecule has 2 aromatic carbocycles. The minimum Gasteiger partial charge on any atom is -0.493 e. The number of carbonyl (C=O) groups excluding carboxylic acids is 2. The van der Waals surface area contributed by atoms with Crippen molar-refractivity contribution in [3.8, 4) is 17.0 Å². The van der Waals surface area contributed by atoms with Crippen LogP contribution in [0, 0.1) is 0 Å². The molecule has 0 radical (unpaired) electrons. The summed E-state index contributed by atoms with van der Waals surface area (Å²) in [6.45, 7) is 2.71. The standard InChI is InChI=1S/C21H20ClN3O3S/c1-2-28-18-6-4-3-5-16(18)17-13-29-21(24-17)25-19(26)11-12-23-20(27)14-7-9-15(22)10-8-14/h3-10,13H,2,11-12H2,1H3,(H,23,27)(H,24,25,26). The molecule has 0 bridgehead atoms. The van der Waals surface area contributed by atoms with E-state index in [1.54, 1.807) is 24.3 Å². The maximum atomic E-state index is 12.2. The molecule has 3 aromatic rings. The van der Waals surface area contributed by atoms with Crippen LogP contribution >= 0.6 is 22.9 Å². The van der Waals surface area contributed by atoms with Gasteiger partial charge >= 0.3 is 0 Å². The summed E-state index contributed by atoms with van der Waals surface area (Å²) in [6.07, 6.45) is 0.143. The van der Waals surface area contributed by atoms with Crippen LogP contribution in [0.3, 0.4) is 0 Å². The molecule has 8 heteroatoms. The van der Waals surface area contributed by atoms with Crippen LogP contribution in [0.5, 0.6) is 5.75 Å². The average molecular weight is 430 g/mol. The summed E-state index contributed by atoms with van der Waals surface area (Å²) in [6, 6.07) is 14.2. The molecule has 3 rings (SSSR count). The van der Waals surface area contributed by atoms with E-state index in [9.17, 15) is 9.59 Å². The van der Waals surface area contributed by atoms with E-state index in [0.717, 1.165) is 17.0 Å². The van der Waals surface area contributed by atoms with Gasteiger partial charge in [0.1, 0.15) is 5.75 Å². The number of hydrogen-bond donors (Lipinski definition) is 2. The number of nitrogens with one attached hydrogen (secondary N) is 2. The van der Waals surface area contributed by atoms with Crippen molar-refractivity contribution in [2.45, 2.75) is 13.3 Å². The van der Waals surface area contributed by atoms with Gasteiger partial charge in [-0.15, -0.1) is 11.3 Å². The first-order chi connectivity index (χ1) is 14.1. The number of halogens is 1. The molecule has 0 aliphatic heterocycles. The van der Waals surface area contributed by atoms with Crippen molar-refractivity contribution in [3.05, 3.63) is 64.5 Å². The van der Waals surface area contributed by atoms with Gasteiger partial charge in [-0.2, -0.15) is 0 Å². The van der Waals surface area contributed by atoms with E-state index >= 15 is 0 Å². The van der Waals surface area contributed by atoms with Gasteiger partial charge < -0.3 is 15.4 Å². The lowest BCUT2D eigenvalue weighted by atomic mass is 10.1. The normalized spacial score (nSPS) is 10.4. The molecule has 0 saturated carbocycles. The third kappa shape index (κ3) is 5.79. The number of hydrogen-bond acceptors (Lipinski definition) is 5. The van der Waals surface area contributed by atoms with Gasteiger partial charge in [0, 0.05) is 34.5 Å². The summed E-state index contributed by atoms with van der Waals surface area (Å²) in [7, 11) is 0. The van der Waals surface area contributed by atoms with Crippen LogP contribution < -0.4 is 15.4 Å². The molecule has 150 valence electrons. The summed E-state index contributed by atoms with van der Waals surface area (Å²) in [4.78, 5) is 28.7. The predicted octanol–water partition coefficient (Wildman–Crippen LogP) is 4.62. The van der Waals surface area contributed by atoms with Gasteiger partial charge in [0.05, 0.1) is 12.3 Å². The Morgan fingerprint density at radius 1 is 1.14 bits per heavy atom. The third-order valence-corrected chi connectivity index (χ3v) is 4.97. The van der Waals surface area contributed by atoms with Crippen molar-refractivity contribution in [3.63, 3.8) is 0 Å². The second-order valence-corrected chi connectivity index (χ2v) is 7.32. The van der Waals surface area contributed by atoms with E-state index in [-0.39, 0.29) is 24.8 Å². The molecule has 0 unspecified atom stereocenters. The van der Waals surface area contributed by atoms with Crippen LogP contribution in [-0.2, 0) is 4.79 Å². The van der Waals surface area contributed by atoms with E-state index in [1.807, 2.05) is 36.6 Å². The van der Waals surface area contributed by atoms with Crippen LogP contribution in [0.25, 0.3) is 11.3 Å². The number of aromatic nitrogens is 1. The molecule has 0 saturated heterocycles. The minimum atomic E-state index is -0.251. The fourth-order valence-electron chi connectivity index (χ4n) is 2.59. The molecular formula is C21H20ClN3O3S. The molecular weight excluding hydrogens is 410 g/mol. The van der Waals surface area contributed by atoms with Gasteiger partial charge in [0.15, 0.2) is 5.13 Å². The van der Waals surface area contributed by atoms with Gasteiger partial charge in [-0.3, -0.25) is 9.59 Å². The lowest BCUT2D eigenvalue weighted by molar-refractivity contribution is -0.116. The molecule has 6 nitrogen and oxygen atoms in total. The zero-order valence-corrected chi connectivity index (χ0v) is 17.3.